The molecule has 0 aliphatic carbocycles. The van der Waals surface area contributed by atoms with E-state index in [1.54, 1.807) is 7.11 Å². The van der Waals surface area contributed by atoms with Gasteiger partial charge in [-0.1, -0.05) is 42.5 Å². The van der Waals surface area contributed by atoms with Crippen molar-refractivity contribution in [1.82, 2.24) is 4.90 Å². The molecule has 0 unspecified atom stereocenters. The Morgan fingerprint density at radius 1 is 0.933 bits per heavy atom. The van der Waals surface area contributed by atoms with E-state index in [1.165, 1.54) is 23.1 Å². The zero-order chi connectivity index (χ0) is 21.1. The number of ether oxygens (including phenoxy) is 2. The normalized spacial score (nSPS) is 13.0. The van der Waals surface area contributed by atoms with E-state index < -0.39 is 11.9 Å². The molecule has 2 amide bonds. The van der Waals surface area contributed by atoms with E-state index in [0.29, 0.717) is 18.6 Å². The maximum atomic E-state index is 12.6. The van der Waals surface area contributed by atoms with Crippen molar-refractivity contribution in [3.05, 3.63) is 82.9 Å². The number of amides is 2. The molecule has 0 atom stereocenters. The van der Waals surface area contributed by atoms with Crippen LogP contribution in [0.2, 0.25) is 0 Å². The summed E-state index contributed by atoms with van der Waals surface area (Å²) in [6.45, 7) is 0.855. The van der Waals surface area contributed by atoms with Crippen molar-refractivity contribution < 1.29 is 23.9 Å². The lowest BCUT2D eigenvalue weighted by molar-refractivity contribution is 0.0474. The highest BCUT2D eigenvalue weighted by Crippen LogP contribution is 2.25. The monoisotopic (exact) mass is 403 g/mol. The highest BCUT2D eigenvalue weighted by molar-refractivity contribution is 6.21. The number of esters is 1. The Kier molecular flexibility index (Phi) is 5.59. The van der Waals surface area contributed by atoms with Crippen LogP contribution in [0.3, 0.4) is 0 Å². The predicted octanol–water partition coefficient (Wildman–Crippen LogP) is 3.83. The van der Waals surface area contributed by atoms with Gasteiger partial charge in [-0.25, -0.2) is 4.79 Å². The largest absolute Gasteiger partial charge is 0.457 e. The molecule has 3 aromatic rings. The molecule has 4 rings (SSSR count). The van der Waals surface area contributed by atoms with E-state index in [0.717, 1.165) is 16.3 Å². The van der Waals surface area contributed by atoms with Crippen molar-refractivity contribution in [2.24, 2.45) is 0 Å². The Morgan fingerprint density at radius 2 is 1.70 bits per heavy atom. The van der Waals surface area contributed by atoms with Crippen LogP contribution in [0.25, 0.3) is 10.8 Å². The van der Waals surface area contributed by atoms with E-state index in [9.17, 15) is 14.4 Å². The maximum Gasteiger partial charge on any atom is 0.338 e. The van der Waals surface area contributed by atoms with Gasteiger partial charge in [-0.2, -0.15) is 0 Å². The van der Waals surface area contributed by atoms with Gasteiger partial charge in [0, 0.05) is 20.3 Å². The molecule has 6 nitrogen and oxygen atoms in total. The van der Waals surface area contributed by atoms with Crippen molar-refractivity contribution in [3.63, 3.8) is 0 Å². The zero-order valence-electron chi connectivity index (χ0n) is 16.6. The first kappa shape index (κ1) is 19.8. The van der Waals surface area contributed by atoms with Gasteiger partial charge in [0.15, 0.2) is 0 Å². The predicted molar refractivity (Wildman–Crippen MR) is 111 cm³/mol. The van der Waals surface area contributed by atoms with Crippen LogP contribution in [0, 0.1) is 0 Å². The molecule has 1 aliphatic rings. The second kappa shape index (κ2) is 8.47. The standard InChI is InChI=1S/C24H21NO5/c1-29-13-5-12-25-22(26)20-11-10-17(14-21(20)23(25)27)24(28)30-15-18-8-4-7-16-6-2-3-9-19(16)18/h2-4,6-11,14H,5,12-13,15H2,1H3. The van der Waals surface area contributed by atoms with Crippen LogP contribution < -0.4 is 0 Å². The Labute approximate surface area is 174 Å². The second-order valence-corrected chi connectivity index (χ2v) is 7.08. The fourth-order valence-corrected chi connectivity index (χ4v) is 3.63. The van der Waals surface area contributed by atoms with Gasteiger partial charge in [0.05, 0.1) is 16.7 Å². The fraction of sp³-hybridized carbons (Fsp3) is 0.208. The molecule has 0 bridgehead atoms. The summed E-state index contributed by atoms with van der Waals surface area (Å²) >= 11 is 0. The minimum Gasteiger partial charge on any atom is -0.457 e. The first-order valence-corrected chi connectivity index (χ1v) is 9.73. The van der Waals surface area contributed by atoms with E-state index in [2.05, 4.69) is 0 Å². The summed E-state index contributed by atoms with van der Waals surface area (Å²) < 4.78 is 10.5. The summed E-state index contributed by atoms with van der Waals surface area (Å²) in [6.07, 6.45) is 0.557. The number of fused-ring (bicyclic) bond motifs is 2. The average Bonchev–Trinajstić information content (AvgIpc) is 3.02. The number of imide groups is 1. The molecule has 30 heavy (non-hydrogen) atoms. The summed E-state index contributed by atoms with van der Waals surface area (Å²) in [4.78, 5) is 38.9. The van der Waals surface area contributed by atoms with Crippen LogP contribution >= 0.6 is 0 Å². The molecule has 0 radical (unpaired) electrons. The van der Waals surface area contributed by atoms with E-state index in [4.69, 9.17) is 9.47 Å². The van der Waals surface area contributed by atoms with Crippen LogP contribution in [-0.4, -0.2) is 42.9 Å². The zero-order valence-corrected chi connectivity index (χ0v) is 16.6. The van der Waals surface area contributed by atoms with Crippen LogP contribution in [0.15, 0.2) is 60.7 Å². The molecule has 0 saturated carbocycles. The molecular weight excluding hydrogens is 382 g/mol. The lowest BCUT2D eigenvalue weighted by atomic mass is 10.0. The van der Waals surface area contributed by atoms with Gasteiger partial charge in [0.1, 0.15) is 6.61 Å². The van der Waals surface area contributed by atoms with Crippen molar-refractivity contribution in [2.45, 2.75) is 13.0 Å². The van der Waals surface area contributed by atoms with Crippen LogP contribution in [0.5, 0.6) is 0 Å². The average molecular weight is 403 g/mol. The lowest BCUT2D eigenvalue weighted by Gasteiger charge is -2.12. The third kappa shape index (κ3) is 3.69. The molecule has 3 aromatic carbocycles. The van der Waals surface area contributed by atoms with E-state index in [1.807, 2.05) is 42.5 Å². The van der Waals surface area contributed by atoms with Crippen molar-refractivity contribution >= 4 is 28.6 Å². The van der Waals surface area contributed by atoms with Crippen LogP contribution in [0.1, 0.15) is 43.1 Å². The highest BCUT2D eigenvalue weighted by Gasteiger charge is 2.35. The van der Waals surface area contributed by atoms with Gasteiger partial charge < -0.3 is 9.47 Å². The van der Waals surface area contributed by atoms with E-state index >= 15 is 0 Å². The highest BCUT2D eigenvalue weighted by atomic mass is 16.5. The third-order valence-corrected chi connectivity index (χ3v) is 5.18. The van der Waals surface area contributed by atoms with Gasteiger partial charge in [0.25, 0.3) is 11.8 Å². The Balaban J connectivity index is 1.49. The Bertz CT molecular complexity index is 1130. The molecule has 152 valence electrons. The summed E-state index contributed by atoms with van der Waals surface area (Å²) in [5.41, 5.74) is 1.69. The quantitative estimate of drug-likeness (QED) is 0.341. The van der Waals surface area contributed by atoms with Gasteiger partial charge in [0.2, 0.25) is 0 Å². The summed E-state index contributed by atoms with van der Waals surface area (Å²) in [5.74, 6) is -1.28. The fourth-order valence-electron chi connectivity index (χ4n) is 3.63. The van der Waals surface area contributed by atoms with Crippen molar-refractivity contribution in [2.75, 3.05) is 20.3 Å². The van der Waals surface area contributed by atoms with Gasteiger partial charge >= 0.3 is 5.97 Å². The number of methoxy groups -OCH3 is 1. The maximum absolute atomic E-state index is 12.6. The van der Waals surface area contributed by atoms with Gasteiger partial charge in [-0.15, -0.1) is 0 Å². The minimum absolute atomic E-state index is 0.118. The van der Waals surface area contributed by atoms with Crippen LogP contribution in [0.4, 0.5) is 0 Å². The molecule has 0 aromatic heterocycles. The molecule has 0 spiro atoms. The lowest BCUT2D eigenvalue weighted by Crippen LogP contribution is -2.31. The molecule has 0 saturated heterocycles. The summed E-state index contributed by atoms with van der Waals surface area (Å²) in [5, 5.41) is 2.09. The molecule has 0 fully saturated rings. The molecule has 6 heteroatoms. The second-order valence-electron chi connectivity index (χ2n) is 7.08. The molecule has 0 N–H and O–H groups in total. The number of carbonyl (C=O) groups excluding carboxylic acids is 3. The Hall–Kier alpha value is -3.51. The van der Waals surface area contributed by atoms with Crippen LogP contribution in [-0.2, 0) is 16.1 Å². The number of carbonyl (C=O) groups is 3. The Morgan fingerprint density at radius 3 is 2.53 bits per heavy atom. The number of benzene rings is 3. The molecule has 1 aliphatic heterocycles. The summed E-state index contributed by atoms with van der Waals surface area (Å²) in [6, 6.07) is 18.2. The van der Waals surface area contributed by atoms with Crippen molar-refractivity contribution in [3.8, 4) is 0 Å². The molecular formula is C24H21NO5. The first-order valence-electron chi connectivity index (χ1n) is 9.73. The van der Waals surface area contributed by atoms with E-state index in [-0.39, 0.29) is 30.2 Å². The number of hydrogen-bond acceptors (Lipinski definition) is 5. The number of nitrogens with zero attached hydrogens (tertiary/aromatic N) is 1. The van der Waals surface area contributed by atoms with Gasteiger partial charge in [-0.05, 0) is 41.0 Å². The molecule has 1 heterocycles. The minimum atomic E-state index is -0.538. The SMILES string of the molecule is COCCCN1C(=O)c2ccc(C(=O)OCc3cccc4ccccc34)cc2C1=O. The third-order valence-electron chi connectivity index (χ3n) is 5.18. The summed E-state index contributed by atoms with van der Waals surface area (Å²) in [7, 11) is 1.57. The van der Waals surface area contributed by atoms with Gasteiger partial charge in [-0.3, -0.25) is 14.5 Å². The smallest absolute Gasteiger partial charge is 0.338 e. The number of hydrogen-bond donors (Lipinski definition) is 0. The topological polar surface area (TPSA) is 72.9 Å². The first-order chi connectivity index (χ1) is 14.6. The van der Waals surface area contributed by atoms with Crippen molar-refractivity contribution in [1.29, 1.82) is 0 Å². The number of rotatable bonds is 7.